The molecule has 2 atom stereocenters. The first kappa shape index (κ1) is 13.9. The molecular weight excluding hydrogens is 266 g/mol. The first-order chi connectivity index (χ1) is 9.95. The van der Waals surface area contributed by atoms with Crippen LogP contribution in [0, 0.1) is 5.92 Å². The minimum atomic E-state index is -0.0408. The Balaban J connectivity index is 1.84. The number of benzene rings is 1. The van der Waals surface area contributed by atoms with E-state index in [1.807, 2.05) is 11.0 Å². The van der Waals surface area contributed by atoms with Crippen LogP contribution in [-0.2, 0) is 0 Å². The van der Waals surface area contributed by atoms with Crippen LogP contribution in [0.15, 0.2) is 28.7 Å². The van der Waals surface area contributed by atoms with Crippen molar-refractivity contribution in [1.82, 2.24) is 9.80 Å². The van der Waals surface area contributed by atoms with Crippen LogP contribution in [0.1, 0.15) is 17.5 Å². The molecule has 5 heteroatoms. The maximum atomic E-state index is 12.6. The second-order valence-corrected chi connectivity index (χ2v) is 6.13. The Morgan fingerprint density at radius 1 is 1.33 bits per heavy atom. The Labute approximate surface area is 124 Å². The molecule has 2 unspecified atom stereocenters. The lowest BCUT2D eigenvalue weighted by Crippen LogP contribution is -2.35. The van der Waals surface area contributed by atoms with Crippen LogP contribution in [0.25, 0.3) is 11.0 Å². The van der Waals surface area contributed by atoms with Gasteiger partial charge in [-0.05, 0) is 44.3 Å². The van der Waals surface area contributed by atoms with Gasteiger partial charge in [-0.1, -0.05) is 6.92 Å². The molecule has 21 heavy (non-hydrogen) atoms. The van der Waals surface area contributed by atoms with Crippen molar-refractivity contribution >= 4 is 22.6 Å². The molecule has 1 fully saturated rings. The Morgan fingerprint density at radius 3 is 2.76 bits per heavy atom. The van der Waals surface area contributed by atoms with Gasteiger partial charge >= 0.3 is 0 Å². The molecule has 0 spiro atoms. The summed E-state index contributed by atoms with van der Waals surface area (Å²) in [6.45, 7) is 3.68. The highest BCUT2D eigenvalue weighted by molar-refractivity contribution is 5.96. The highest BCUT2D eigenvalue weighted by atomic mass is 16.3. The Bertz CT molecular complexity index is 677. The number of rotatable bonds is 2. The fourth-order valence-corrected chi connectivity index (χ4v) is 3.11. The Hall–Kier alpha value is -2.01. The van der Waals surface area contributed by atoms with Gasteiger partial charge in [-0.15, -0.1) is 0 Å². The summed E-state index contributed by atoms with van der Waals surface area (Å²) < 4.78 is 5.67. The fraction of sp³-hybridized carbons (Fsp3) is 0.438. The number of hydrogen-bond acceptors (Lipinski definition) is 4. The molecule has 2 heterocycles. The number of fused-ring (bicyclic) bond motifs is 1. The van der Waals surface area contributed by atoms with E-state index in [-0.39, 0.29) is 5.91 Å². The zero-order valence-electron chi connectivity index (χ0n) is 12.7. The number of carbonyl (C=O) groups is 1. The number of anilines is 1. The zero-order valence-corrected chi connectivity index (χ0v) is 12.7. The van der Waals surface area contributed by atoms with E-state index in [9.17, 15) is 4.79 Å². The molecule has 3 rings (SSSR count). The van der Waals surface area contributed by atoms with Crippen LogP contribution in [-0.4, -0.2) is 48.9 Å². The third-order valence-electron chi connectivity index (χ3n) is 4.27. The van der Waals surface area contributed by atoms with Gasteiger partial charge in [0.2, 0.25) is 0 Å². The first-order valence-electron chi connectivity index (χ1n) is 7.20. The molecule has 1 aliphatic rings. The van der Waals surface area contributed by atoms with Gasteiger partial charge < -0.3 is 20.0 Å². The van der Waals surface area contributed by atoms with Crippen molar-refractivity contribution in [2.75, 3.05) is 32.9 Å². The minimum absolute atomic E-state index is 0.0408. The summed E-state index contributed by atoms with van der Waals surface area (Å²) in [6.07, 6.45) is 0. The molecule has 112 valence electrons. The van der Waals surface area contributed by atoms with Crippen LogP contribution in [0.3, 0.4) is 0 Å². The molecule has 2 aromatic rings. The number of nitrogens with two attached hydrogens (primary N) is 1. The van der Waals surface area contributed by atoms with E-state index < -0.39 is 0 Å². The van der Waals surface area contributed by atoms with Gasteiger partial charge in [-0.3, -0.25) is 4.79 Å². The average molecular weight is 287 g/mol. The van der Waals surface area contributed by atoms with E-state index in [0.717, 1.165) is 18.5 Å². The van der Waals surface area contributed by atoms with Crippen LogP contribution in [0.4, 0.5) is 5.69 Å². The molecule has 2 N–H and O–H groups in total. The highest BCUT2D eigenvalue weighted by Gasteiger charge is 2.35. The maximum absolute atomic E-state index is 12.6. The predicted molar refractivity (Wildman–Crippen MR) is 83.2 cm³/mol. The van der Waals surface area contributed by atoms with Crippen molar-refractivity contribution in [3.05, 3.63) is 30.0 Å². The van der Waals surface area contributed by atoms with Gasteiger partial charge in [0.15, 0.2) is 5.76 Å². The molecule has 1 aromatic heterocycles. The van der Waals surface area contributed by atoms with E-state index in [2.05, 4.69) is 25.9 Å². The van der Waals surface area contributed by atoms with Crippen molar-refractivity contribution < 1.29 is 9.21 Å². The smallest absolute Gasteiger partial charge is 0.289 e. The van der Waals surface area contributed by atoms with Crippen LogP contribution in [0.5, 0.6) is 0 Å². The predicted octanol–water partition coefficient (Wildman–Crippen LogP) is 2.04. The summed E-state index contributed by atoms with van der Waals surface area (Å²) in [5.74, 6) is 0.812. The van der Waals surface area contributed by atoms with Gasteiger partial charge in [0.05, 0.1) is 0 Å². The van der Waals surface area contributed by atoms with E-state index >= 15 is 0 Å². The molecule has 0 aliphatic carbocycles. The van der Waals surface area contributed by atoms with Gasteiger partial charge in [0.1, 0.15) is 5.58 Å². The average Bonchev–Trinajstić information content (AvgIpc) is 3.00. The highest BCUT2D eigenvalue weighted by Crippen LogP contribution is 2.26. The van der Waals surface area contributed by atoms with E-state index in [1.165, 1.54) is 0 Å². The topological polar surface area (TPSA) is 62.7 Å². The van der Waals surface area contributed by atoms with Gasteiger partial charge in [-0.25, -0.2) is 0 Å². The fourth-order valence-electron chi connectivity index (χ4n) is 3.11. The van der Waals surface area contributed by atoms with Gasteiger partial charge in [-0.2, -0.15) is 0 Å². The number of likely N-dealkylation sites (N-methyl/N-ethyl adjacent to an activating group) is 1. The molecule has 1 aromatic carbocycles. The third kappa shape index (κ3) is 2.49. The van der Waals surface area contributed by atoms with E-state index in [0.29, 0.717) is 29.0 Å². The zero-order chi connectivity index (χ0) is 15.1. The standard InChI is InChI=1S/C16H21N3O2/c1-10-8-19(9-13(10)18(2)3)16(20)15-7-11-6-12(17)4-5-14(11)21-15/h4-7,10,13H,8-9,17H2,1-3H3. The number of furan rings is 1. The lowest BCUT2D eigenvalue weighted by molar-refractivity contribution is 0.0752. The maximum Gasteiger partial charge on any atom is 0.289 e. The summed E-state index contributed by atoms with van der Waals surface area (Å²) in [5.41, 5.74) is 7.13. The summed E-state index contributed by atoms with van der Waals surface area (Å²) in [6, 6.07) is 7.58. The first-order valence-corrected chi connectivity index (χ1v) is 7.20. The van der Waals surface area contributed by atoms with Crippen LogP contribution in [0.2, 0.25) is 0 Å². The van der Waals surface area contributed by atoms with Crippen molar-refractivity contribution in [2.45, 2.75) is 13.0 Å². The number of hydrogen-bond donors (Lipinski definition) is 1. The van der Waals surface area contributed by atoms with Crippen molar-refractivity contribution in [2.24, 2.45) is 5.92 Å². The summed E-state index contributed by atoms with van der Waals surface area (Å²) in [4.78, 5) is 16.6. The largest absolute Gasteiger partial charge is 0.451 e. The SMILES string of the molecule is CC1CN(C(=O)c2cc3cc(N)ccc3o2)CC1N(C)C. The number of nitrogen functional groups attached to an aromatic ring is 1. The normalized spacial score (nSPS) is 22.4. The third-order valence-corrected chi connectivity index (χ3v) is 4.27. The molecule has 1 aliphatic heterocycles. The number of nitrogens with zero attached hydrogens (tertiary/aromatic N) is 2. The monoisotopic (exact) mass is 287 g/mol. The molecular formula is C16H21N3O2. The van der Waals surface area contributed by atoms with Crippen LogP contribution >= 0.6 is 0 Å². The van der Waals surface area contributed by atoms with Crippen molar-refractivity contribution in [3.8, 4) is 0 Å². The second kappa shape index (κ2) is 5.07. The molecule has 0 radical (unpaired) electrons. The second-order valence-electron chi connectivity index (χ2n) is 6.13. The quantitative estimate of drug-likeness (QED) is 0.859. The summed E-state index contributed by atoms with van der Waals surface area (Å²) in [5, 5.41) is 0.870. The van der Waals surface area contributed by atoms with Crippen molar-refractivity contribution in [3.63, 3.8) is 0 Å². The summed E-state index contributed by atoms with van der Waals surface area (Å²) in [7, 11) is 4.11. The number of likely N-dealkylation sites (tertiary alicyclic amines) is 1. The summed E-state index contributed by atoms with van der Waals surface area (Å²) >= 11 is 0. The van der Waals surface area contributed by atoms with Crippen molar-refractivity contribution in [1.29, 1.82) is 0 Å². The number of carbonyl (C=O) groups excluding carboxylic acids is 1. The minimum Gasteiger partial charge on any atom is -0.451 e. The lowest BCUT2D eigenvalue weighted by Gasteiger charge is -2.22. The number of amides is 1. The molecule has 5 nitrogen and oxygen atoms in total. The molecule has 1 amide bonds. The molecule has 0 bridgehead atoms. The molecule has 1 saturated heterocycles. The van der Waals surface area contributed by atoms with E-state index in [4.69, 9.17) is 10.2 Å². The molecule has 0 saturated carbocycles. The van der Waals surface area contributed by atoms with Gasteiger partial charge in [0, 0.05) is 30.2 Å². The van der Waals surface area contributed by atoms with Crippen LogP contribution < -0.4 is 5.73 Å². The van der Waals surface area contributed by atoms with Gasteiger partial charge in [0.25, 0.3) is 5.91 Å². The Morgan fingerprint density at radius 2 is 2.10 bits per heavy atom. The Kier molecular flexibility index (Phi) is 3.37. The lowest BCUT2D eigenvalue weighted by atomic mass is 10.1. The van der Waals surface area contributed by atoms with E-state index in [1.54, 1.807) is 18.2 Å².